The lowest BCUT2D eigenvalue weighted by Crippen LogP contribution is -2.54. The van der Waals surface area contributed by atoms with Crippen molar-refractivity contribution < 1.29 is 9.76 Å². The number of nitrogens with zero attached hydrogens (tertiary/aromatic N) is 2. The molecule has 1 fully saturated rings. The van der Waals surface area contributed by atoms with E-state index in [1.54, 1.807) is 0 Å². The Balaban J connectivity index is 2.04. The zero-order valence-electron chi connectivity index (χ0n) is 15.7. The predicted octanol–water partition coefficient (Wildman–Crippen LogP) is 4.67. The van der Waals surface area contributed by atoms with Gasteiger partial charge in [-0.2, -0.15) is 0 Å². The van der Waals surface area contributed by atoms with Crippen molar-refractivity contribution in [3.8, 4) is 0 Å². The van der Waals surface area contributed by atoms with Crippen LogP contribution in [0.2, 0.25) is 0 Å². The normalized spacial score (nSPS) is 20.8. The van der Waals surface area contributed by atoms with Crippen LogP contribution < -0.4 is 5.06 Å². The van der Waals surface area contributed by atoms with Gasteiger partial charge in [-0.05, 0) is 30.2 Å². The second-order valence-corrected chi connectivity index (χ2v) is 7.40. The molecule has 1 aliphatic rings. The molecule has 4 rings (SSSR count). The molecule has 0 aromatic heterocycles. The molecule has 1 aliphatic heterocycles. The number of nitro groups is 1. The lowest BCUT2D eigenvalue weighted by Gasteiger charge is -2.45. The van der Waals surface area contributed by atoms with Gasteiger partial charge >= 0.3 is 0 Å². The number of hydroxylamine groups is 1. The number of hydrogen-bond donors (Lipinski definition) is 0. The van der Waals surface area contributed by atoms with Gasteiger partial charge in [-0.3, -0.25) is 15.0 Å². The van der Waals surface area contributed by atoms with Crippen molar-refractivity contribution in [2.45, 2.75) is 12.5 Å². The minimum atomic E-state index is -0.843. The number of rotatable bonds is 5. The van der Waals surface area contributed by atoms with E-state index in [-0.39, 0.29) is 18.1 Å². The van der Waals surface area contributed by atoms with Gasteiger partial charge in [0.05, 0.1) is 17.7 Å². The molecule has 1 saturated heterocycles. The first-order chi connectivity index (χ1) is 13.6. The SMILES string of the molecule is CC1(C[N+](=O)[O-])CON(c2ccccc2)C1(c1ccccc1)c1ccccc1. The fraction of sp³-hybridized carbons (Fsp3) is 0.217. The molecule has 3 aromatic rings. The molecule has 0 radical (unpaired) electrons. The molecule has 0 N–H and O–H groups in total. The Bertz CT molecular complexity index is 908. The van der Waals surface area contributed by atoms with E-state index in [4.69, 9.17) is 4.84 Å². The van der Waals surface area contributed by atoms with Gasteiger partial charge in [0.15, 0.2) is 0 Å². The van der Waals surface area contributed by atoms with Crippen LogP contribution >= 0.6 is 0 Å². The molecule has 28 heavy (non-hydrogen) atoms. The van der Waals surface area contributed by atoms with Gasteiger partial charge in [0.2, 0.25) is 6.54 Å². The monoisotopic (exact) mass is 374 g/mol. The smallest absolute Gasteiger partial charge is 0.214 e. The number of anilines is 1. The fourth-order valence-corrected chi connectivity index (χ4v) is 4.39. The summed E-state index contributed by atoms with van der Waals surface area (Å²) in [6, 6.07) is 29.7. The van der Waals surface area contributed by atoms with Crippen LogP contribution in [0.25, 0.3) is 0 Å². The summed E-state index contributed by atoms with van der Waals surface area (Å²) in [7, 11) is 0. The van der Waals surface area contributed by atoms with Gasteiger partial charge in [-0.1, -0.05) is 78.9 Å². The third kappa shape index (κ3) is 2.75. The summed E-state index contributed by atoms with van der Waals surface area (Å²) < 4.78 is 0. The van der Waals surface area contributed by atoms with E-state index in [1.807, 2.05) is 103 Å². The Labute approximate surface area is 164 Å². The lowest BCUT2D eigenvalue weighted by atomic mass is 9.64. The Morgan fingerprint density at radius 2 is 1.36 bits per heavy atom. The molecule has 0 amide bonds. The van der Waals surface area contributed by atoms with Crippen molar-refractivity contribution in [3.63, 3.8) is 0 Å². The summed E-state index contributed by atoms with van der Waals surface area (Å²) in [6.45, 7) is 1.98. The largest absolute Gasteiger partial charge is 0.271 e. The van der Waals surface area contributed by atoms with Gasteiger partial charge in [0.25, 0.3) is 0 Å². The van der Waals surface area contributed by atoms with Crippen LogP contribution in [-0.2, 0) is 10.4 Å². The first-order valence-electron chi connectivity index (χ1n) is 9.29. The van der Waals surface area contributed by atoms with Crippen molar-refractivity contribution >= 4 is 5.69 Å². The summed E-state index contributed by atoms with van der Waals surface area (Å²) in [5.41, 5.74) is 1.17. The summed E-state index contributed by atoms with van der Waals surface area (Å²) in [4.78, 5) is 17.7. The van der Waals surface area contributed by atoms with Crippen LogP contribution in [0.15, 0.2) is 91.0 Å². The van der Waals surface area contributed by atoms with E-state index in [0.29, 0.717) is 0 Å². The third-order valence-corrected chi connectivity index (χ3v) is 5.54. The maximum atomic E-state index is 11.7. The van der Waals surface area contributed by atoms with Crippen LogP contribution in [0.5, 0.6) is 0 Å². The van der Waals surface area contributed by atoms with Crippen LogP contribution in [0, 0.1) is 15.5 Å². The number of benzene rings is 3. The van der Waals surface area contributed by atoms with Gasteiger partial charge in [0.1, 0.15) is 5.54 Å². The lowest BCUT2D eigenvalue weighted by molar-refractivity contribution is -0.498. The molecule has 0 spiro atoms. The number of hydrogen-bond acceptors (Lipinski definition) is 4. The highest BCUT2D eigenvalue weighted by molar-refractivity contribution is 5.57. The summed E-state index contributed by atoms with van der Waals surface area (Å²) in [6.07, 6.45) is 0. The second kappa shape index (κ2) is 7.09. The molecule has 1 unspecified atom stereocenters. The van der Waals surface area contributed by atoms with Crippen molar-refractivity contribution in [1.82, 2.24) is 0 Å². The van der Waals surface area contributed by atoms with E-state index in [1.165, 1.54) is 0 Å². The quantitative estimate of drug-likeness (QED) is 0.481. The van der Waals surface area contributed by atoms with Crippen LogP contribution in [0.3, 0.4) is 0 Å². The minimum absolute atomic E-state index is 0.208. The highest BCUT2D eigenvalue weighted by atomic mass is 16.7. The minimum Gasteiger partial charge on any atom is -0.271 e. The Morgan fingerprint density at radius 1 is 0.893 bits per heavy atom. The Morgan fingerprint density at radius 3 is 1.82 bits per heavy atom. The van der Waals surface area contributed by atoms with Crippen molar-refractivity contribution in [1.29, 1.82) is 0 Å². The maximum absolute atomic E-state index is 11.7. The highest BCUT2D eigenvalue weighted by Crippen LogP contribution is 2.55. The average molecular weight is 374 g/mol. The third-order valence-electron chi connectivity index (χ3n) is 5.54. The first kappa shape index (κ1) is 18.2. The molecule has 1 heterocycles. The summed E-state index contributed by atoms with van der Waals surface area (Å²) >= 11 is 0. The zero-order valence-corrected chi connectivity index (χ0v) is 15.7. The van der Waals surface area contributed by atoms with Crippen molar-refractivity contribution in [2.75, 3.05) is 18.2 Å². The van der Waals surface area contributed by atoms with Crippen LogP contribution in [-0.4, -0.2) is 18.1 Å². The molecule has 1 atom stereocenters. The molecule has 5 heteroatoms. The van der Waals surface area contributed by atoms with Crippen LogP contribution in [0.4, 0.5) is 5.69 Å². The molecule has 5 nitrogen and oxygen atoms in total. The second-order valence-electron chi connectivity index (χ2n) is 7.40. The summed E-state index contributed by atoms with van der Waals surface area (Å²) in [5, 5.41) is 13.5. The van der Waals surface area contributed by atoms with E-state index in [0.717, 1.165) is 16.8 Å². The van der Waals surface area contributed by atoms with E-state index in [9.17, 15) is 10.1 Å². The predicted molar refractivity (Wildman–Crippen MR) is 109 cm³/mol. The van der Waals surface area contributed by atoms with Crippen molar-refractivity contribution in [3.05, 3.63) is 112 Å². The maximum Gasteiger partial charge on any atom is 0.214 e. The van der Waals surface area contributed by atoms with E-state index >= 15 is 0 Å². The molecular weight excluding hydrogens is 352 g/mol. The summed E-state index contributed by atoms with van der Waals surface area (Å²) in [5.74, 6) is 0. The van der Waals surface area contributed by atoms with Gasteiger partial charge in [-0.15, -0.1) is 0 Å². The molecular formula is C23H22N2O3. The Hall–Kier alpha value is -3.18. The first-order valence-corrected chi connectivity index (χ1v) is 9.29. The fourth-order valence-electron chi connectivity index (χ4n) is 4.39. The van der Waals surface area contributed by atoms with Gasteiger partial charge < -0.3 is 0 Å². The molecule has 3 aromatic carbocycles. The molecule has 0 saturated carbocycles. The van der Waals surface area contributed by atoms with Crippen molar-refractivity contribution in [2.24, 2.45) is 5.41 Å². The zero-order chi connectivity index (χ0) is 19.6. The van der Waals surface area contributed by atoms with Gasteiger partial charge in [0, 0.05) is 4.92 Å². The topological polar surface area (TPSA) is 55.6 Å². The molecule has 0 aliphatic carbocycles. The van der Waals surface area contributed by atoms with Crippen LogP contribution in [0.1, 0.15) is 18.1 Å². The Kier molecular flexibility index (Phi) is 4.61. The highest BCUT2D eigenvalue weighted by Gasteiger charge is 2.63. The molecule has 0 bridgehead atoms. The molecule has 142 valence electrons. The van der Waals surface area contributed by atoms with Gasteiger partial charge in [-0.25, -0.2) is 5.06 Å². The van der Waals surface area contributed by atoms with E-state index in [2.05, 4.69) is 0 Å². The average Bonchev–Trinajstić information content (AvgIpc) is 3.02. The van der Waals surface area contributed by atoms with E-state index < -0.39 is 11.0 Å². The number of para-hydroxylation sites is 1. The standard InChI is InChI=1S/C23H22N2O3/c1-22(17-24(26)27)18-28-25(21-15-9-4-10-16-21)23(22,19-11-5-2-6-12-19)20-13-7-3-8-14-20/h2-16H,17-18H2,1H3.